The van der Waals surface area contributed by atoms with E-state index in [0.717, 1.165) is 45.6 Å². The summed E-state index contributed by atoms with van der Waals surface area (Å²) in [6.07, 6.45) is 11.3. The normalized spacial score (nSPS) is 15.3. The molecule has 1 aliphatic rings. The van der Waals surface area contributed by atoms with Crippen LogP contribution in [-0.2, 0) is 11.3 Å². The number of hydrogen-bond acceptors (Lipinski definition) is 8. The lowest BCUT2D eigenvalue weighted by molar-refractivity contribution is 0.122. The third-order valence-electron chi connectivity index (χ3n) is 5.59. The molecule has 0 aliphatic carbocycles. The topological polar surface area (TPSA) is 105 Å². The van der Waals surface area contributed by atoms with Crippen LogP contribution in [-0.4, -0.2) is 46.5 Å². The molecule has 4 heterocycles. The van der Waals surface area contributed by atoms with Crippen molar-refractivity contribution in [3.05, 3.63) is 71.5 Å². The van der Waals surface area contributed by atoms with Crippen molar-refractivity contribution in [2.24, 2.45) is 5.73 Å². The average Bonchev–Trinajstić information content (AvgIpc) is 3.52. The fourth-order valence-corrected chi connectivity index (χ4v) is 4.97. The second-order valence-corrected chi connectivity index (χ2v) is 9.08. The number of nitrogens with zero attached hydrogens (tertiary/aromatic N) is 4. The molecule has 1 fully saturated rings. The van der Waals surface area contributed by atoms with Gasteiger partial charge in [0.1, 0.15) is 0 Å². The molecule has 5 rings (SSSR count). The van der Waals surface area contributed by atoms with E-state index in [9.17, 15) is 0 Å². The molecule has 34 heavy (non-hydrogen) atoms. The minimum Gasteiger partial charge on any atom is -0.399 e. The number of morpholine rings is 1. The number of anilines is 1. The van der Waals surface area contributed by atoms with Gasteiger partial charge < -0.3 is 20.7 Å². The Balaban J connectivity index is 1.49. The van der Waals surface area contributed by atoms with E-state index < -0.39 is 0 Å². The fraction of sp³-hybridized carbons (Fsp3) is 0.240. The van der Waals surface area contributed by atoms with Crippen molar-refractivity contribution >= 4 is 38.3 Å². The summed E-state index contributed by atoms with van der Waals surface area (Å²) < 4.78 is 6.67. The van der Waals surface area contributed by atoms with Gasteiger partial charge in [-0.1, -0.05) is 24.3 Å². The zero-order valence-electron chi connectivity index (χ0n) is 19.0. The van der Waals surface area contributed by atoms with Gasteiger partial charge in [-0.05, 0) is 37.4 Å². The summed E-state index contributed by atoms with van der Waals surface area (Å²) in [6, 6.07) is 8.21. The second-order valence-electron chi connectivity index (χ2n) is 7.94. The molecule has 0 amide bonds. The Hall–Kier alpha value is -3.69. The lowest BCUT2D eigenvalue weighted by Gasteiger charge is -2.28. The van der Waals surface area contributed by atoms with Crippen LogP contribution in [0.5, 0.6) is 0 Å². The van der Waals surface area contributed by atoms with Gasteiger partial charge in [-0.25, -0.2) is 9.97 Å². The lowest BCUT2D eigenvalue weighted by atomic mass is 10.1. The Labute approximate surface area is 201 Å². The molecule has 0 atom stereocenters. The third-order valence-corrected chi connectivity index (χ3v) is 6.71. The predicted octanol–water partition coefficient (Wildman–Crippen LogP) is 4.09. The molecule has 8 nitrogen and oxygen atoms in total. The predicted molar refractivity (Wildman–Crippen MR) is 139 cm³/mol. The number of nitrogens with two attached hydrogens (primary N) is 1. The first-order chi connectivity index (χ1) is 16.7. The summed E-state index contributed by atoms with van der Waals surface area (Å²) >= 11 is 1.72. The maximum absolute atomic E-state index is 5.95. The number of hydrogen-bond donors (Lipinski definition) is 3. The average molecular weight is 474 g/mol. The number of rotatable bonds is 7. The zero-order chi connectivity index (χ0) is 23.3. The van der Waals surface area contributed by atoms with E-state index in [1.807, 2.05) is 61.8 Å². The minimum atomic E-state index is 0.684. The summed E-state index contributed by atoms with van der Waals surface area (Å²) in [5.41, 5.74) is 9.54. The first-order valence-corrected chi connectivity index (χ1v) is 12.1. The summed E-state index contributed by atoms with van der Waals surface area (Å²) in [6.45, 7) is 5.67. The number of ether oxygens (including phenoxy) is 1. The van der Waals surface area contributed by atoms with E-state index in [1.165, 1.54) is 4.88 Å². The number of aromatic amines is 1. The largest absolute Gasteiger partial charge is 0.399 e. The van der Waals surface area contributed by atoms with Gasteiger partial charge in [-0.3, -0.25) is 5.10 Å². The van der Waals surface area contributed by atoms with Gasteiger partial charge in [-0.15, -0.1) is 11.3 Å². The number of nitrogens with one attached hydrogen (secondary N) is 2. The van der Waals surface area contributed by atoms with Gasteiger partial charge in [0.25, 0.3) is 0 Å². The molecule has 3 aromatic heterocycles. The molecule has 0 bridgehead atoms. The SMILES string of the molecule is C\C=C/C=C(N)\C=C\NCc1cc2nc(-c3cccc4[nH]ncc34)nc(N3CCOCC3)c2s1. The molecular weight excluding hydrogens is 446 g/mol. The van der Waals surface area contributed by atoms with E-state index in [4.69, 9.17) is 20.4 Å². The van der Waals surface area contributed by atoms with Crippen molar-refractivity contribution in [2.45, 2.75) is 13.5 Å². The van der Waals surface area contributed by atoms with Crippen LogP contribution in [0.15, 0.2) is 66.7 Å². The third kappa shape index (κ3) is 4.66. The maximum atomic E-state index is 5.95. The highest BCUT2D eigenvalue weighted by Crippen LogP contribution is 2.35. The van der Waals surface area contributed by atoms with Crippen molar-refractivity contribution < 1.29 is 4.74 Å². The molecule has 0 radical (unpaired) electrons. The first kappa shape index (κ1) is 22.1. The van der Waals surface area contributed by atoms with Crippen molar-refractivity contribution in [3.8, 4) is 11.4 Å². The number of benzene rings is 1. The van der Waals surface area contributed by atoms with Crippen LogP contribution >= 0.6 is 11.3 Å². The van der Waals surface area contributed by atoms with E-state index in [0.29, 0.717) is 31.3 Å². The molecule has 0 unspecified atom stereocenters. The monoisotopic (exact) mass is 473 g/mol. The van der Waals surface area contributed by atoms with E-state index in [-0.39, 0.29) is 0 Å². The van der Waals surface area contributed by atoms with Crippen molar-refractivity contribution in [1.29, 1.82) is 0 Å². The number of thiophene rings is 1. The molecule has 4 aromatic rings. The fourth-order valence-electron chi connectivity index (χ4n) is 3.90. The van der Waals surface area contributed by atoms with Crippen molar-refractivity contribution in [1.82, 2.24) is 25.5 Å². The van der Waals surface area contributed by atoms with Crippen molar-refractivity contribution in [2.75, 3.05) is 31.2 Å². The Morgan fingerprint density at radius 1 is 1.29 bits per heavy atom. The Kier molecular flexibility index (Phi) is 6.55. The molecule has 1 saturated heterocycles. The highest BCUT2D eigenvalue weighted by molar-refractivity contribution is 7.19. The zero-order valence-corrected chi connectivity index (χ0v) is 19.8. The van der Waals surface area contributed by atoms with E-state index in [2.05, 4.69) is 26.5 Å². The van der Waals surface area contributed by atoms with Crippen molar-refractivity contribution in [3.63, 3.8) is 0 Å². The van der Waals surface area contributed by atoms with Gasteiger partial charge in [0.05, 0.1) is 35.1 Å². The van der Waals surface area contributed by atoms with E-state index >= 15 is 0 Å². The Morgan fingerprint density at radius 2 is 2.18 bits per heavy atom. The van der Waals surface area contributed by atoms with Gasteiger partial charge in [0.15, 0.2) is 11.6 Å². The molecule has 0 spiro atoms. The molecular formula is C25H27N7OS. The summed E-state index contributed by atoms with van der Waals surface area (Å²) in [5, 5.41) is 11.6. The quantitative estimate of drug-likeness (QED) is 0.347. The second kappa shape index (κ2) is 10.1. The molecule has 174 valence electrons. The van der Waals surface area contributed by atoms with Crippen LogP contribution in [0.25, 0.3) is 32.5 Å². The number of H-pyrrole nitrogens is 1. The smallest absolute Gasteiger partial charge is 0.162 e. The highest BCUT2D eigenvalue weighted by atomic mass is 32.1. The lowest BCUT2D eigenvalue weighted by Crippen LogP contribution is -2.36. The van der Waals surface area contributed by atoms with Gasteiger partial charge in [0.2, 0.25) is 0 Å². The minimum absolute atomic E-state index is 0.684. The molecule has 9 heteroatoms. The van der Waals surface area contributed by atoms with Crippen LogP contribution < -0.4 is 16.0 Å². The number of allylic oxidation sites excluding steroid dienone is 4. The van der Waals surface area contributed by atoms with Crippen LogP contribution in [0.2, 0.25) is 0 Å². The van der Waals surface area contributed by atoms with Crippen LogP contribution in [0.4, 0.5) is 5.82 Å². The van der Waals surface area contributed by atoms with Gasteiger partial charge in [0, 0.05) is 41.2 Å². The Bertz CT molecular complexity index is 1380. The standard InChI is InChI=1S/C25H27N7OS/c1-2-3-5-17(26)8-9-27-15-18-14-22-23(34-18)25(32-10-12-33-13-11-32)30-24(29-22)19-6-4-7-21-20(19)16-28-31-21/h2-9,14,16,27H,10-13,15,26H2,1H3,(H,28,31)/b3-2-,9-8+,17-5+. The summed E-state index contributed by atoms with van der Waals surface area (Å²) in [7, 11) is 0. The summed E-state index contributed by atoms with van der Waals surface area (Å²) in [4.78, 5) is 13.5. The highest BCUT2D eigenvalue weighted by Gasteiger charge is 2.21. The van der Waals surface area contributed by atoms with Crippen LogP contribution in [0.3, 0.4) is 0 Å². The maximum Gasteiger partial charge on any atom is 0.162 e. The Morgan fingerprint density at radius 3 is 3.03 bits per heavy atom. The summed E-state index contributed by atoms with van der Waals surface area (Å²) in [5.74, 6) is 1.68. The molecule has 4 N–H and O–H groups in total. The molecule has 1 aromatic carbocycles. The molecule has 1 aliphatic heterocycles. The first-order valence-electron chi connectivity index (χ1n) is 11.3. The number of fused-ring (bicyclic) bond motifs is 2. The number of aromatic nitrogens is 4. The van der Waals surface area contributed by atoms with Crippen LogP contribution in [0, 0.1) is 0 Å². The van der Waals surface area contributed by atoms with Gasteiger partial charge >= 0.3 is 0 Å². The van der Waals surface area contributed by atoms with E-state index in [1.54, 1.807) is 11.3 Å². The molecule has 0 saturated carbocycles. The van der Waals surface area contributed by atoms with Crippen LogP contribution in [0.1, 0.15) is 11.8 Å². The van der Waals surface area contributed by atoms with Gasteiger partial charge in [-0.2, -0.15) is 5.10 Å².